The van der Waals surface area contributed by atoms with E-state index < -0.39 is 11.7 Å². The molecule has 1 fully saturated rings. The van der Waals surface area contributed by atoms with Crippen molar-refractivity contribution >= 4 is 17.5 Å². The lowest BCUT2D eigenvalue weighted by atomic mass is 10.1. The number of rotatable bonds is 6. The molecule has 2 aromatic rings. The van der Waals surface area contributed by atoms with Gasteiger partial charge in [-0.15, -0.1) is 0 Å². The Kier molecular flexibility index (Phi) is 6.82. The predicted octanol–water partition coefficient (Wildman–Crippen LogP) is 3.84. The Hall–Kier alpha value is -2.09. The van der Waals surface area contributed by atoms with Gasteiger partial charge in [-0.05, 0) is 29.7 Å². The molecule has 0 aromatic heterocycles. The minimum Gasteiger partial charge on any atom is -0.358 e. The van der Waals surface area contributed by atoms with E-state index in [1.165, 1.54) is 12.1 Å². The summed E-state index contributed by atoms with van der Waals surface area (Å²) in [7, 11) is 1.58. The van der Waals surface area contributed by atoms with E-state index in [4.69, 9.17) is 11.6 Å². The normalized spacial score (nSPS) is 20.0. The molecule has 29 heavy (non-hydrogen) atoms. The average molecular weight is 426 g/mol. The Balaban J connectivity index is 1.70. The van der Waals surface area contributed by atoms with E-state index in [0.29, 0.717) is 24.5 Å². The molecule has 8 heteroatoms. The average Bonchev–Trinajstić information content (AvgIpc) is 3.10. The molecule has 0 unspecified atom stereocenters. The third-order valence-corrected chi connectivity index (χ3v) is 5.56. The van der Waals surface area contributed by atoms with Crippen molar-refractivity contribution in [2.75, 3.05) is 13.6 Å². The van der Waals surface area contributed by atoms with Gasteiger partial charge >= 0.3 is 6.18 Å². The Morgan fingerprint density at radius 1 is 1.14 bits per heavy atom. The fraction of sp³-hybridized carbons (Fsp3) is 0.381. The molecule has 3 rings (SSSR count). The second-order valence-electron chi connectivity index (χ2n) is 7.12. The number of benzene rings is 2. The first kappa shape index (κ1) is 21.6. The molecule has 1 heterocycles. The lowest BCUT2D eigenvalue weighted by Gasteiger charge is -2.23. The summed E-state index contributed by atoms with van der Waals surface area (Å²) >= 11 is 6.25. The summed E-state index contributed by atoms with van der Waals surface area (Å²) in [5.41, 5.74) is 0.466. The Morgan fingerprint density at radius 2 is 1.79 bits per heavy atom. The van der Waals surface area contributed by atoms with E-state index in [1.54, 1.807) is 19.2 Å². The number of alkyl halides is 3. The maximum absolute atomic E-state index is 13.2. The molecule has 1 aliphatic heterocycles. The summed E-state index contributed by atoms with van der Waals surface area (Å²) in [5, 5.41) is 6.49. The fourth-order valence-corrected chi connectivity index (χ4v) is 3.91. The zero-order valence-electron chi connectivity index (χ0n) is 16.0. The number of hydrogen-bond acceptors (Lipinski definition) is 3. The standard InChI is InChI=1S/C21H23ClF3N3O/c1-26-20(29)19-10-16(13-28(19)12-15-7-3-5-9-18(15)22)27-11-14-6-2-4-8-17(14)21(23,24)25/h2-9,16,19,27H,10-13H2,1H3,(H,26,29)/t16-,19-/m0/s1. The monoisotopic (exact) mass is 425 g/mol. The van der Waals surface area contributed by atoms with Crippen LogP contribution in [0.1, 0.15) is 23.1 Å². The van der Waals surface area contributed by atoms with Gasteiger partial charge in [-0.2, -0.15) is 13.2 Å². The quantitative estimate of drug-likeness (QED) is 0.739. The van der Waals surface area contributed by atoms with Crippen LogP contribution in [0.2, 0.25) is 5.02 Å². The van der Waals surface area contributed by atoms with Gasteiger partial charge in [0.2, 0.25) is 5.91 Å². The van der Waals surface area contributed by atoms with Crippen molar-refractivity contribution < 1.29 is 18.0 Å². The van der Waals surface area contributed by atoms with Crippen LogP contribution in [-0.4, -0.2) is 36.5 Å². The van der Waals surface area contributed by atoms with Gasteiger partial charge in [0.15, 0.2) is 0 Å². The van der Waals surface area contributed by atoms with Crippen molar-refractivity contribution in [3.05, 3.63) is 70.2 Å². The van der Waals surface area contributed by atoms with E-state index in [1.807, 2.05) is 23.1 Å². The molecule has 0 saturated carbocycles. The van der Waals surface area contributed by atoms with Crippen LogP contribution in [0.25, 0.3) is 0 Å². The smallest absolute Gasteiger partial charge is 0.358 e. The van der Waals surface area contributed by atoms with Gasteiger partial charge < -0.3 is 10.6 Å². The molecule has 0 bridgehead atoms. The Morgan fingerprint density at radius 3 is 2.45 bits per heavy atom. The highest BCUT2D eigenvalue weighted by atomic mass is 35.5. The predicted molar refractivity (Wildman–Crippen MR) is 106 cm³/mol. The number of carbonyl (C=O) groups excluding carboxylic acids is 1. The van der Waals surface area contributed by atoms with Crippen molar-refractivity contribution in [2.45, 2.75) is 37.8 Å². The molecule has 0 radical (unpaired) electrons. The molecule has 2 atom stereocenters. The fourth-order valence-electron chi connectivity index (χ4n) is 3.72. The Labute approximate surface area is 173 Å². The highest BCUT2D eigenvalue weighted by Crippen LogP contribution is 2.32. The molecule has 2 aromatic carbocycles. The van der Waals surface area contributed by atoms with E-state index in [9.17, 15) is 18.0 Å². The number of nitrogens with one attached hydrogen (secondary N) is 2. The number of carbonyl (C=O) groups is 1. The molecule has 1 aliphatic rings. The van der Waals surface area contributed by atoms with Gasteiger partial charge in [0, 0.05) is 37.7 Å². The molecule has 1 amide bonds. The number of amides is 1. The zero-order chi connectivity index (χ0) is 21.0. The minimum atomic E-state index is -4.39. The summed E-state index contributed by atoms with van der Waals surface area (Å²) < 4.78 is 39.6. The number of hydrogen-bond donors (Lipinski definition) is 2. The molecule has 1 saturated heterocycles. The minimum absolute atomic E-state index is 0.0841. The first-order valence-corrected chi connectivity index (χ1v) is 9.75. The van der Waals surface area contributed by atoms with Crippen LogP contribution in [-0.2, 0) is 24.1 Å². The third-order valence-electron chi connectivity index (χ3n) is 5.19. The first-order chi connectivity index (χ1) is 13.8. The van der Waals surface area contributed by atoms with Gasteiger partial charge in [-0.25, -0.2) is 0 Å². The highest BCUT2D eigenvalue weighted by molar-refractivity contribution is 6.31. The molecular weight excluding hydrogens is 403 g/mol. The SMILES string of the molecule is CNC(=O)[C@@H]1C[C@H](NCc2ccccc2C(F)(F)F)CN1Cc1ccccc1Cl. The zero-order valence-corrected chi connectivity index (χ0v) is 16.7. The van der Waals surface area contributed by atoms with Gasteiger partial charge in [0.25, 0.3) is 0 Å². The molecular formula is C21H23ClF3N3O. The van der Waals surface area contributed by atoms with Gasteiger partial charge in [0.05, 0.1) is 11.6 Å². The van der Waals surface area contributed by atoms with Crippen LogP contribution in [0.4, 0.5) is 13.2 Å². The van der Waals surface area contributed by atoms with Crippen molar-refractivity contribution in [2.24, 2.45) is 0 Å². The van der Waals surface area contributed by atoms with Crippen LogP contribution in [0.15, 0.2) is 48.5 Å². The third kappa shape index (κ3) is 5.29. The number of nitrogens with zero attached hydrogens (tertiary/aromatic N) is 1. The van der Waals surface area contributed by atoms with Crippen molar-refractivity contribution in [1.29, 1.82) is 0 Å². The topological polar surface area (TPSA) is 44.4 Å². The molecule has 4 nitrogen and oxygen atoms in total. The van der Waals surface area contributed by atoms with Gasteiger partial charge in [-0.3, -0.25) is 9.69 Å². The number of likely N-dealkylation sites (tertiary alicyclic amines) is 1. The summed E-state index contributed by atoms with van der Waals surface area (Å²) in [6.07, 6.45) is -3.88. The van der Waals surface area contributed by atoms with E-state index in [0.717, 1.165) is 11.6 Å². The largest absolute Gasteiger partial charge is 0.416 e. The van der Waals surface area contributed by atoms with Crippen LogP contribution in [0.3, 0.4) is 0 Å². The van der Waals surface area contributed by atoms with E-state index >= 15 is 0 Å². The van der Waals surface area contributed by atoms with Crippen molar-refractivity contribution in [3.8, 4) is 0 Å². The van der Waals surface area contributed by atoms with Crippen LogP contribution in [0, 0.1) is 0 Å². The van der Waals surface area contributed by atoms with Crippen LogP contribution < -0.4 is 10.6 Å². The second-order valence-corrected chi connectivity index (χ2v) is 7.53. The second kappa shape index (κ2) is 9.15. The van der Waals surface area contributed by atoms with Crippen LogP contribution >= 0.6 is 11.6 Å². The molecule has 0 aliphatic carbocycles. The summed E-state index contributed by atoms with van der Waals surface area (Å²) in [6, 6.07) is 12.5. The maximum Gasteiger partial charge on any atom is 0.416 e. The summed E-state index contributed by atoms with van der Waals surface area (Å²) in [6.45, 7) is 1.12. The van der Waals surface area contributed by atoms with E-state index in [2.05, 4.69) is 10.6 Å². The summed E-state index contributed by atoms with van der Waals surface area (Å²) in [5.74, 6) is -0.114. The molecule has 156 valence electrons. The van der Waals surface area contributed by atoms with E-state index in [-0.39, 0.29) is 30.1 Å². The van der Waals surface area contributed by atoms with Gasteiger partial charge in [0.1, 0.15) is 0 Å². The number of halogens is 4. The lowest BCUT2D eigenvalue weighted by molar-refractivity contribution is -0.138. The van der Waals surface area contributed by atoms with Crippen molar-refractivity contribution in [3.63, 3.8) is 0 Å². The number of likely N-dealkylation sites (N-methyl/N-ethyl adjacent to an activating group) is 1. The maximum atomic E-state index is 13.2. The lowest BCUT2D eigenvalue weighted by Crippen LogP contribution is -2.41. The summed E-state index contributed by atoms with van der Waals surface area (Å²) in [4.78, 5) is 14.4. The van der Waals surface area contributed by atoms with Crippen molar-refractivity contribution in [1.82, 2.24) is 15.5 Å². The Bertz CT molecular complexity index is 859. The van der Waals surface area contributed by atoms with Gasteiger partial charge in [-0.1, -0.05) is 48.0 Å². The molecule has 0 spiro atoms. The van der Waals surface area contributed by atoms with Crippen LogP contribution in [0.5, 0.6) is 0 Å². The highest BCUT2D eigenvalue weighted by Gasteiger charge is 2.37. The first-order valence-electron chi connectivity index (χ1n) is 9.37. The molecule has 2 N–H and O–H groups in total.